The van der Waals surface area contributed by atoms with Gasteiger partial charge in [-0.2, -0.15) is 0 Å². The number of esters is 1. The van der Waals surface area contributed by atoms with Crippen molar-refractivity contribution in [1.82, 2.24) is 0 Å². The molecule has 1 rings (SSSR count). The van der Waals surface area contributed by atoms with Crippen LogP contribution in [0.3, 0.4) is 0 Å². The van der Waals surface area contributed by atoms with E-state index in [-0.39, 0.29) is 12.1 Å². The molecule has 1 aliphatic heterocycles. The summed E-state index contributed by atoms with van der Waals surface area (Å²) in [4.78, 5) is 10.4. The second-order valence-corrected chi connectivity index (χ2v) is 2.93. The van der Waals surface area contributed by atoms with Gasteiger partial charge in [-0.15, -0.1) is 0 Å². The number of carbonyl (C=O) groups is 1. The first-order chi connectivity index (χ1) is 5.20. The highest BCUT2D eigenvalue weighted by atomic mass is 16.5. The molecular formula is C8H14O3. The molecule has 3 heteroatoms. The van der Waals surface area contributed by atoms with Crippen LogP contribution in [0.1, 0.15) is 20.3 Å². The lowest BCUT2D eigenvalue weighted by Crippen LogP contribution is -2.18. The van der Waals surface area contributed by atoms with Crippen LogP contribution >= 0.6 is 0 Å². The van der Waals surface area contributed by atoms with Crippen molar-refractivity contribution in [3.8, 4) is 0 Å². The SMILES string of the molecule is CC(=O)OCC1CCOC1C. The Balaban J connectivity index is 2.20. The van der Waals surface area contributed by atoms with E-state index in [0.717, 1.165) is 13.0 Å². The van der Waals surface area contributed by atoms with Crippen molar-refractivity contribution >= 4 is 5.97 Å². The molecule has 0 bridgehead atoms. The Hall–Kier alpha value is -0.570. The summed E-state index contributed by atoms with van der Waals surface area (Å²) < 4.78 is 10.2. The third-order valence-corrected chi connectivity index (χ3v) is 2.03. The first-order valence-corrected chi connectivity index (χ1v) is 3.95. The molecule has 0 spiro atoms. The summed E-state index contributed by atoms with van der Waals surface area (Å²) in [5.74, 6) is 0.197. The fourth-order valence-corrected chi connectivity index (χ4v) is 1.22. The lowest BCUT2D eigenvalue weighted by atomic mass is 10.0. The van der Waals surface area contributed by atoms with Gasteiger partial charge < -0.3 is 9.47 Å². The predicted octanol–water partition coefficient (Wildman–Crippen LogP) is 0.975. The molecule has 2 atom stereocenters. The Kier molecular flexibility index (Phi) is 2.88. The summed E-state index contributed by atoms with van der Waals surface area (Å²) >= 11 is 0. The molecule has 11 heavy (non-hydrogen) atoms. The second-order valence-electron chi connectivity index (χ2n) is 2.93. The summed E-state index contributed by atoms with van der Waals surface area (Å²) in [5.41, 5.74) is 0. The van der Waals surface area contributed by atoms with Gasteiger partial charge in [-0.25, -0.2) is 0 Å². The van der Waals surface area contributed by atoms with Crippen molar-refractivity contribution in [2.75, 3.05) is 13.2 Å². The zero-order valence-electron chi connectivity index (χ0n) is 7.00. The van der Waals surface area contributed by atoms with E-state index in [9.17, 15) is 4.79 Å². The molecule has 3 nitrogen and oxygen atoms in total. The Morgan fingerprint density at radius 2 is 2.45 bits per heavy atom. The molecule has 0 aromatic heterocycles. The molecule has 0 aromatic rings. The average Bonchev–Trinajstić information content (AvgIpc) is 2.31. The molecule has 0 aromatic carbocycles. The number of hydrogen-bond donors (Lipinski definition) is 0. The van der Waals surface area contributed by atoms with Gasteiger partial charge in [0.2, 0.25) is 0 Å². The van der Waals surface area contributed by atoms with Gasteiger partial charge in [0.1, 0.15) is 0 Å². The van der Waals surface area contributed by atoms with Crippen LogP contribution in [0.4, 0.5) is 0 Å². The minimum Gasteiger partial charge on any atom is -0.465 e. The number of carbonyl (C=O) groups excluding carboxylic acids is 1. The molecule has 64 valence electrons. The summed E-state index contributed by atoms with van der Waals surface area (Å²) in [7, 11) is 0. The van der Waals surface area contributed by atoms with Gasteiger partial charge in [0, 0.05) is 19.4 Å². The standard InChI is InChI=1S/C8H14O3/c1-6-8(3-4-10-6)5-11-7(2)9/h6,8H,3-5H2,1-2H3. The molecular weight excluding hydrogens is 144 g/mol. The Bertz CT molecular complexity index is 144. The van der Waals surface area contributed by atoms with Crippen molar-refractivity contribution in [1.29, 1.82) is 0 Å². The summed E-state index contributed by atoms with van der Waals surface area (Å²) in [5, 5.41) is 0. The molecule has 1 aliphatic rings. The van der Waals surface area contributed by atoms with Crippen molar-refractivity contribution in [2.24, 2.45) is 5.92 Å². The van der Waals surface area contributed by atoms with Crippen molar-refractivity contribution in [3.05, 3.63) is 0 Å². The summed E-state index contributed by atoms with van der Waals surface area (Å²) in [6.45, 7) is 4.76. The maximum atomic E-state index is 10.4. The molecule has 0 radical (unpaired) electrons. The summed E-state index contributed by atoms with van der Waals surface area (Å²) in [6.07, 6.45) is 1.25. The molecule has 1 heterocycles. The van der Waals surface area contributed by atoms with E-state index in [0.29, 0.717) is 12.5 Å². The monoisotopic (exact) mass is 158 g/mol. The van der Waals surface area contributed by atoms with Gasteiger partial charge >= 0.3 is 5.97 Å². The molecule has 0 amide bonds. The van der Waals surface area contributed by atoms with E-state index in [4.69, 9.17) is 9.47 Å². The molecule has 1 fully saturated rings. The van der Waals surface area contributed by atoms with Crippen LogP contribution in [0.15, 0.2) is 0 Å². The van der Waals surface area contributed by atoms with Crippen LogP contribution < -0.4 is 0 Å². The zero-order chi connectivity index (χ0) is 8.27. The van der Waals surface area contributed by atoms with Gasteiger partial charge in [0.05, 0.1) is 12.7 Å². The minimum atomic E-state index is -0.205. The van der Waals surface area contributed by atoms with E-state index in [1.807, 2.05) is 6.92 Å². The van der Waals surface area contributed by atoms with Gasteiger partial charge in [-0.3, -0.25) is 4.79 Å². The van der Waals surface area contributed by atoms with E-state index >= 15 is 0 Å². The van der Waals surface area contributed by atoms with Crippen molar-refractivity contribution < 1.29 is 14.3 Å². The van der Waals surface area contributed by atoms with Crippen LogP contribution in [0.5, 0.6) is 0 Å². The van der Waals surface area contributed by atoms with Gasteiger partial charge in [-0.1, -0.05) is 0 Å². The molecule has 2 unspecified atom stereocenters. The number of ether oxygens (including phenoxy) is 2. The highest BCUT2D eigenvalue weighted by Gasteiger charge is 2.24. The Morgan fingerprint density at radius 3 is 2.91 bits per heavy atom. The first kappa shape index (κ1) is 8.53. The van der Waals surface area contributed by atoms with Crippen LogP contribution in [0.2, 0.25) is 0 Å². The topological polar surface area (TPSA) is 35.5 Å². The van der Waals surface area contributed by atoms with Crippen LogP contribution in [0.25, 0.3) is 0 Å². The molecule has 0 aliphatic carbocycles. The number of hydrogen-bond acceptors (Lipinski definition) is 3. The van der Waals surface area contributed by atoms with E-state index in [1.165, 1.54) is 6.92 Å². The first-order valence-electron chi connectivity index (χ1n) is 3.95. The molecule has 1 saturated heterocycles. The second kappa shape index (κ2) is 3.72. The van der Waals surface area contributed by atoms with Crippen molar-refractivity contribution in [2.45, 2.75) is 26.4 Å². The smallest absolute Gasteiger partial charge is 0.302 e. The van der Waals surface area contributed by atoms with Gasteiger partial charge in [-0.05, 0) is 13.3 Å². The lowest BCUT2D eigenvalue weighted by Gasteiger charge is -2.12. The largest absolute Gasteiger partial charge is 0.465 e. The lowest BCUT2D eigenvalue weighted by molar-refractivity contribution is -0.142. The van der Waals surface area contributed by atoms with Crippen LogP contribution in [-0.2, 0) is 14.3 Å². The van der Waals surface area contributed by atoms with Crippen LogP contribution in [0, 0.1) is 5.92 Å². The van der Waals surface area contributed by atoms with Gasteiger partial charge in [0.15, 0.2) is 0 Å². The van der Waals surface area contributed by atoms with E-state index < -0.39 is 0 Å². The zero-order valence-corrected chi connectivity index (χ0v) is 7.00. The van der Waals surface area contributed by atoms with Crippen molar-refractivity contribution in [3.63, 3.8) is 0 Å². The fourth-order valence-electron chi connectivity index (χ4n) is 1.22. The van der Waals surface area contributed by atoms with E-state index in [1.54, 1.807) is 0 Å². The van der Waals surface area contributed by atoms with Gasteiger partial charge in [0.25, 0.3) is 0 Å². The Morgan fingerprint density at radius 1 is 1.73 bits per heavy atom. The normalized spacial score (nSPS) is 30.4. The maximum Gasteiger partial charge on any atom is 0.302 e. The molecule has 0 saturated carbocycles. The third kappa shape index (κ3) is 2.50. The highest BCUT2D eigenvalue weighted by Crippen LogP contribution is 2.20. The maximum absolute atomic E-state index is 10.4. The minimum absolute atomic E-state index is 0.205. The third-order valence-electron chi connectivity index (χ3n) is 2.03. The summed E-state index contributed by atoms with van der Waals surface area (Å²) in [6, 6.07) is 0. The average molecular weight is 158 g/mol. The highest BCUT2D eigenvalue weighted by molar-refractivity contribution is 5.65. The number of rotatable bonds is 2. The fraction of sp³-hybridized carbons (Fsp3) is 0.875. The Labute approximate surface area is 66.7 Å². The van der Waals surface area contributed by atoms with E-state index in [2.05, 4.69) is 0 Å². The molecule has 0 N–H and O–H groups in total. The quantitative estimate of drug-likeness (QED) is 0.562. The predicted molar refractivity (Wildman–Crippen MR) is 40.2 cm³/mol. The van der Waals surface area contributed by atoms with Crippen LogP contribution in [-0.4, -0.2) is 25.3 Å².